The van der Waals surface area contributed by atoms with Crippen molar-refractivity contribution in [3.63, 3.8) is 0 Å². The Hall–Kier alpha value is -1.89. The molecule has 1 aromatic carbocycles. The van der Waals surface area contributed by atoms with E-state index in [4.69, 9.17) is 10.00 Å². The van der Waals surface area contributed by atoms with E-state index < -0.39 is 17.2 Å². The molecule has 0 aromatic heterocycles. The van der Waals surface area contributed by atoms with Crippen molar-refractivity contribution in [2.75, 3.05) is 6.61 Å². The molecule has 0 spiro atoms. The molecule has 4 heteroatoms. The van der Waals surface area contributed by atoms with Gasteiger partial charge in [0.05, 0.1) is 12.9 Å². The standard InChI is InChI=1S/C28H39F2NO/c1-2-32-17-3-4-21-5-7-22(8-6-21)9-10-23-11-13-24(14-12-23)15-16-25-18-27(29)26(20-31)28(30)19-25/h2,18-19,21-24H,1,3-17H2. The van der Waals surface area contributed by atoms with E-state index in [-0.39, 0.29) is 0 Å². The molecule has 2 nitrogen and oxygen atoms in total. The van der Waals surface area contributed by atoms with Crippen molar-refractivity contribution in [2.24, 2.45) is 23.7 Å². The number of hydrogen-bond acceptors (Lipinski definition) is 2. The predicted octanol–water partition coefficient (Wildman–Crippen LogP) is 8.10. The number of nitriles is 1. The Morgan fingerprint density at radius 2 is 1.31 bits per heavy atom. The number of nitrogens with zero attached hydrogens (tertiary/aromatic N) is 1. The van der Waals surface area contributed by atoms with E-state index in [1.54, 1.807) is 12.3 Å². The fourth-order valence-corrected chi connectivity index (χ4v) is 5.88. The normalized spacial score (nSPS) is 25.8. The molecule has 0 radical (unpaired) electrons. The van der Waals surface area contributed by atoms with E-state index in [9.17, 15) is 8.78 Å². The zero-order valence-electron chi connectivity index (χ0n) is 19.5. The van der Waals surface area contributed by atoms with Crippen LogP contribution < -0.4 is 0 Å². The van der Waals surface area contributed by atoms with Gasteiger partial charge >= 0.3 is 0 Å². The molecule has 2 aliphatic carbocycles. The Bertz CT molecular complexity index is 732. The van der Waals surface area contributed by atoms with Crippen molar-refractivity contribution in [2.45, 2.75) is 89.9 Å². The Morgan fingerprint density at radius 3 is 1.78 bits per heavy atom. The number of ether oxygens (including phenoxy) is 1. The summed E-state index contributed by atoms with van der Waals surface area (Å²) in [5.74, 6) is 1.88. The van der Waals surface area contributed by atoms with Crippen LogP contribution in [0.2, 0.25) is 0 Å². The molecule has 0 heterocycles. The monoisotopic (exact) mass is 443 g/mol. The zero-order valence-corrected chi connectivity index (χ0v) is 19.5. The first-order chi connectivity index (χ1) is 15.6. The van der Waals surface area contributed by atoms with Crippen molar-refractivity contribution in [1.82, 2.24) is 0 Å². The largest absolute Gasteiger partial charge is 0.502 e. The van der Waals surface area contributed by atoms with Crippen LogP contribution in [-0.4, -0.2) is 6.61 Å². The number of benzene rings is 1. The maximum absolute atomic E-state index is 13.8. The zero-order chi connectivity index (χ0) is 22.8. The molecule has 1 aromatic rings. The van der Waals surface area contributed by atoms with E-state index >= 15 is 0 Å². The third kappa shape index (κ3) is 7.61. The minimum Gasteiger partial charge on any atom is -0.502 e. The molecule has 2 fully saturated rings. The van der Waals surface area contributed by atoms with Crippen LogP contribution in [0.25, 0.3) is 0 Å². The Labute approximate surface area is 193 Å². The lowest BCUT2D eigenvalue weighted by Gasteiger charge is -2.32. The first-order valence-corrected chi connectivity index (χ1v) is 12.7. The highest BCUT2D eigenvalue weighted by Gasteiger charge is 2.25. The van der Waals surface area contributed by atoms with Gasteiger partial charge in [-0.15, -0.1) is 0 Å². The highest BCUT2D eigenvalue weighted by atomic mass is 19.1. The van der Waals surface area contributed by atoms with Crippen LogP contribution in [-0.2, 0) is 11.2 Å². The topological polar surface area (TPSA) is 33.0 Å². The first-order valence-electron chi connectivity index (χ1n) is 12.7. The molecule has 0 saturated heterocycles. The van der Waals surface area contributed by atoms with Crippen LogP contribution in [0.4, 0.5) is 8.78 Å². The number of aryl methyl sites for hydroxylation is 1. The van der Waals surface area contributed by atoms with Gasteiger partial charge in [-0.05, 0) is 67.1 Å². The average molecular weight is 444 g/mol. The van der Waals surface area contributed by atoms with Gasteiger partial charge in [-0.25, -0.2) is 8.78 Å². The van der Waals surface area contributed by atoms with Gasteiger partial charge in [0.2, 0.25) is 0 Å². The van der Waals surface area contributed by atoms with Gasteiger partial charge in [0, 0.05) is 0 Å². The molecule has 0 unspecified atom stereocenters. The van der Waals surface area contributed by atoms with Crippen LogP contribution in [0.15, 0.2) is 25.0 Å². The Kier molecular flexibility index (Phi) is 10.0. The fraction of sp³-hybridized carbons (Fsp3) is 0.679. The van der Waals surface area contributed by atoms with Gasteiger partial charge in [-0.1, -0.05) is 70.8 Å². The van der Waals surface area contributed by atoms with Crippen molar-refractivity contribution < 1.29 is 13.5 Å². The van der Waals surface area contributed by atoms with Gasteiger partial charge in [0.1, 0.15) is 23.3 Å². The second-order valence-electron chi connectivity index (χ2n) is 10.1. The summed E-state index contributed by atoms with van der Waals surface area (Å²) in [5, 5.41) is 8.80. The van der Waals surface area contributed by atoms with Crippen molar-refractivity contribution >= 4 is 0 Å². The molecule has 0 bridgehead atoms. The molecule has 0 N–H and O–H groups in total. The van der Waals surface area contributed by atoms with Crippen molar-refractivity contribution in [1.29, 1.82) is 5.26 Å². The summed E-state index contributed by atoms with van der Waals surface area (Å²) in [6.45, 7) is 4.41. The second kappa shape index (κ2) is 13.0. The third-order valence-electron chi connectivity index (χ3n) is 7.96. The third-order valence-corrected chi connectivity index (χ3v) is 7.96. The summed E-state index contributed by atoms with van der Waals surface area (Å²) in [4.78, 5) is 0. The van der Waals surface area contributed by atoms with Gasteiger partial charge in [-0.2, -0.15) is 5.26 Å². The summed E-state index contributed by atoms with van der Waals surface area (Å²) in [7, 11) is 0. The molecular weight excluding hydrogens is 404 g/mol. The number of halogens is 2. The van der Waals surface area contributed by atoms with E-state index in [1.807, 2.05) is 0 Å². The minimum atomic E-state index is -0.734. The molecule has 176 valence electrons. The van der Waals surface area contributed by atoms with Gasteiger partial charge in [0.25, 0.3) is 0 Å². The number of rotatable bonds is 11. The lowest BCUT2D eigenvalue weighted by Crippen LogP contribution is -2.18. The van der Waals surface area contributed by atoms with Gasteiger partial charge in [0.15, 0.2) is 0 Å². The first kappa shape index (κ1) is 24.7. The molecular formula is C28H39F2NO. The molecule has 0 aliphatic heterocycles. The summed E-state index contributed by atoms with van der Waals surface area (Å²) >= 11 is 0. The fourth-order valence-electron chi connectivity index (χ4n) is 5.88. The summed E-state index contributed by atoms with van der Waals surface area (Å²) in [5.41, 5.74) is 0.200. The molecule has 2 aliphatic rings. The maximum atomic E-state index is 13.8. The molecule has 2 saturated carbocycles. The lowest BCUT2D eigenvalue weighted by molar-refractivity contribution is 0.194. The lowest BCUT2D eigenvalue weighted by atomic mass is 9.74. The Morgan fingerprint density at radius 1 is 0.844 bits per heavy atom. The highest BCUT2D eigenvalue weighted by Crippen LogP contribution is 2.38. The Balaban J connectivity index is 1.28. The average Bonchev–Trinajstić information content (AvgIpc) is 2.80. The maximum Gasteiger partial charge on any atom is 0.144 e. The van der Waals surface area contributed by atoms with E-state index in [0.29, 0.717) is 17.9 Å². The van der Waals surface area contributed by atoms with Crippen LogP contribution in [0.5, 0.6) is 0 Å². The minimum absolute atomic E-state index is 0.471. The summed E-state index contributed by atoms with van der Waals surface area (Å²) < 4.78 is 32.8. The van der Waals surface area contributed by atoms with E-state index in [1.165, 1.54) is 82.8 Å². The summed E-state index contributed by atoms with van der Waals surface area (Å²) in [6.07, 6.45) is 19.1. The molecule has 0 atom stereocenters. The van der Waals surface area contributed by atoms with Gasteiger partial charge < -0.3 is 4.74 Å². The molecule has 0 amide bonds. The SMILES string of the molecule is C=COCCCC1CCC(CCC2CCC(CCc3cc(F)c(C#N)c(F)c3)CC2)CC1. The molecule has 3 rings (SSSR count). The second-order valence-corrected chi connectivity index (χ2v) is 10.1. The smallest absolute Gasteiger partial charge is 0.144 e. The van der Waals surface area contributed by atoms with Crippen LogP contribution in [0, 0.1) is 46.6 Å². The van der Waals surface area contributed by atoms with Crippen molar-refractivity contribution in [3.8, 4) is 6.07 Å². The molecule has 32 heavy (non-hydrogen) atoms. The van der Waals surface area contributed by atoms with Crippen LogP contribution in [0.3, 0.4) is 0 Å². The van der Waals surface area contributed by atoms with Crippen LogP contribution >= 0.6 is 0 Å². The predicted molar refractivity (Wildman–Crippen MR) is 125 cm³/mol. The van der Waals surface area contributed by atoms with E-state index in [2.05, 4.69) is 6.58 Å². The highest BCUT2D eigenvalue weighted by molar-refractivity contribution is 5.35. The van der Waals surface area contributed by atoms with Crippen molar-refractivity contribution in [3.05, 3.63) is 47.7 Å². The summed E-state index contributed by atoms with van der Waals surface area (Å²) in [6, 6.07) is 4.25. The number of hydrogen-bond donors (Lipinski definition) is 0. The quantitative estimate of drug-likeness (QED) is 0.256. The van der Waals surface area contributed by atoms with E-state index in [0.717, 1.165) is 37.2 Å². The van der Waals surface area contributed by atoms with Crippen LogP contribution in [0.1, 0.15) is 94.6 Å². The van der Waals surface area contributed by atoms with Gasteiger partial charge in [-0.3, -0.25) is 0 Å².